The van der Waals surface area contributed by atoms with Gasteiger partial charge in [-0.3, -0.25) is 4.98 Å². The first kappa shape index (κ1) is 8.05. The van der Waals surface area contributed by atoms with Gasteiger partial charge in [-0.1, -0.05) is 54.6 Å². The third-order valence-corrected chi connectivity index (χ3v) is 2.59. The van der Waals surface area contributed by atoms with Crippen molar-refractivity contribution < 1.29 is 1.37 Å². The predicted octanol–water partition coefficient (Wildman–Crippen LogP) is 3.90. The van der Waals surface area contributed by atoms with Gasteiger partial charge in [0.15, 0.2) is 0 Å². The predicted molar refractivity (Wildman–Crippen MR) is 67.2 cm³/mol. The molecule has 1 heterocycles. The standard InChI is InChI=1S/C15H11N/c1-2-6-12(7-3-1)15-10-13-8-4-5-9-14(13)11-16-15/h1-11H/i10D. The summed E-state index contributed by atoms with van der Waals surface area (Å²) in [6, 6.07) is 18.2. The van der Waals surface area contributed by atoms with Gasteiger partial charge >= 0.3 is 0 Å². The van der Waals surface area contributed by atoms with Crippen LogP contribution in [0, 0.1) is 0 Å². The lowest BCUT2D eigenvalue weighted by atomic mass is 10.1. The number of aromatic nitrogens is 1. The molecule has 0 saturated carbocycles. The largest absolute Gasteiger partial charge is 0.256 e. The molecule has 0 spiro atoms. The quantitative estimate of drug-likeness (QED) is 0.588. The number of fused-ring (bicyclic) bond motifs is 1. The first-order valence-electron chi connectivity index (χ1n) is 5.76. The highest BCUT2D eigenvalue weighted by molar-refractivity contribution is 5.85. The van der Waals surface area contributed by atoms with E-state index < -0.39 is 0 Å². The van der Waals surface area contributed by atoms with Crippen LogP contribution in [0.3, 0.4) is 0 Å². The molecule has 0 aliphatic heterocycles. The van der Waals surface area contributed by atoms with Crippen LogP contribution in [-0.2, 0) is 0 Å². The lowest BCUT2D eigenvalue weighted by Crippen LogP contribution is -1.83. The number of nitrogens with zero attached hydrogens (tertiary/aromatic N) is 1. The first-order chi connectivity index (χ1) is 8.36. The number of rotatable bonds is 1. The van der Waals surface area contributed by atoms with Crippen molar-refractivity contribution in [3.8, 4) is 11.3 Å². The Bertz CT molecular complexity index is 662. The molecular formula is C15H11N. The van der Waals surface area contributed by atoms with E-state index in [2.05, 4.69) is 4.98 Å². The molecule has 0 amide bonds. The van der Waals surface area contributed by atoms with Crippen molar-refractivity contribution in [3.63, 3.8) is 0 Å². The van der Waals surface area contributed by atoms with Crippen molar-refractivity contribution in [2.24, 2.45) is 0 Å². The van der Waals surface area contributed by atoms with Gasteiger partial charge < -0.3 is 0 Å². The Morgan fingerprint density at radius 1 is 0.812 bits per heavy atom. The summed E-state index contributed by atoms with van der Waals surface area (Å²) < 4.78 is 8.21. The molecule has 0 radical (unpaired) electrons. The van der Waals surface area contributed by atoms with Crippen LogP contribution in [0.5, 0.6) is 0 Å². The Hall–Kier alpha value is -2.15. The van der Waals surface area contributed by atoms with Crippen molar-refractivity contribution in [2.75, 3.05) is 0 Å². The molecule has 3 rings (SSSR count). The normalized spacial score (nSPS) is 11.4. The minimum Gasteiger partial charge on any atom is -0.256 e. The second-order valence-electron chi connectivity index (χ2n) is 3.69. The fourth-order valence-corrected chi connectivity index (χ4v) is 1.76. The van der Waals surface area contributed by atoms with Gasteiger partial charge in [0.2, 0.25) is 0 Å². The van der Waals surface area contributed by atoms with E-state index in [1.54, 1.807) is 0 Å². The Kier molecular flexibility index (Phi) is 1.90. The first-order valence-corrected chi connectivity index (χ1v) is 5.26. The summed E-state index contributed by atoms with van der Waals surface area (Å²) in [5.74, 6) is 0. The number of benzene rings is 2. The fraction of sp³-hybridized carbons (Fsp3) is 0. The highest BCUT2D eigenvalue weighted by atomic mass is 14.7. The van der Waals surface area contributed by atoms with Crippen molar-refractivity contribution in [1.29, 1.82) is 0 Å². The van der Waals surface area contributed by atoms with Gasteiger partial charge in [-0.15, -0.1) is 0 Å². The molecule has 76 valence electrons. The fourth-order valence-electron chi connectivity index (χ4n) is 1.76. The Balaban J connectivity index is 2.29. The molecule has 0 unspecified atom stereocenters. The zero-order valence-corrected chi connectivity index (χ0v) is 8.72. The van der Waals surface area contributed by atoms with Crippen LogP contribution in [0.4, 0.5) is 0 Å². The Morgan fingerprint density at radius 2 is 1.50 bits per heavy atom. The maximum absolute atomic E-state index is 8.21. The lowest BCUT2D eigenvalue weighted by molar-refractivity contribution is 1.36. The van der Waals surface area contributed by atoms with Crippen molar-refractivity contribution >= 4 is 10.8 Å². The van der Waals surface area contributed by atoms with E-state index >= 15 is 0 Å². The monoisotopic (exact) mass is 206 g/mol. The van der Waals surface area contributed by atoms with E-state index in [1.165, 1.54) is 0 Å². The van der Waals surface area contributed by atoms with Crippen LogP contribution < -0.4 is 0 Å². The average molecular weight is 206 g/mol. The van der Waals surface area contributed by atoms with E-state index in [-0.39, 0.29) is 0 Å². The van der Waals surface area contributed by atoms with Gasteiger partial charge in [-0.05, 0) is 11.4 Å². The average Bonchev–Trinajstić information content (AvgIpc) is 2.40. The van der Waals surface area contributed by atoms with Gasteiger partial charge in [-0.25, -0.2) is 0 Å². The Morgan fingerprint density at radius 3 is 2.31 bits per heavy atom. The van der Waals surface area contributed by atoms with Crippen molar-refractivity contribution in [3.05, 3.63) is 66.8 Å². The third kappa shape index (κ3) is 1.57. The van der Waals surface area contributed by atoms with Gasteiger partial charge in [0.05, 0.1) is 7.06 Å². The lowest BCUT2D eigenvalue weighted by Gasteiger charge is -2.02. The molecule has 0 aliphatic carbocycles. The summed E-state index contributed by atoms with van der Waals surface area (Å²) in [7, 11) is 0. The van der Waals surface area contributed by atoms with E-state index in [9.17, 15) is 0 Å². The molecule has 0 saturated heterocycles. The highest BCUT2D eigenvalue weighted by Crippen LogP contribution is 2.21. The molecule has 1 nitrogen and oxygen atoms in total. The van der Waals surface area contributed by atoms with Crippen molar-refractivity contribution in [2.45, 2.75) is 0 Å². The zero-order chi connectivity index (χ0) is 11.7. The maximum Gasteiger partial charge on any atom is 0.0708 e. The molecule has 1 aromatic heterocycles. The van der Waals surface area contributed by atoms with Gasteiger partial charge in [0.25, 0.3) is 0 Å². The van der Waals surface area contributed by atoms with Gasteiger partial charge in [-0.2, -0.15) is 0 Å². The van der Waals surface area contributed by atoms with Crippen LogP contribution >= 0.6 is 0 Å². The molecule has 3 aromatic rings. The summed E-state index contributed by atoms with van der Waals surface area (Å²) in [4.78, 5) is 4.39. The number of hydrogen-bond donors (Lipinski definition) is 0. The van der Waals surface area contributed by atoms with Gasteiger partial charge in [0.1, 0.15) is 0 Å². The smallest absolute Gasteiger partial charge is 0.0708 e. The van der Waals surface area contributed by atoms with Crippen LogP contribution in [-0.4, -0.2) is 4.98 Å². The summed E-state index contributed by atoms with van der Waals surface area (Å²) in [5.41, 5.74) is 1.73. The summed E-state index contributed by atoms with van der Waals surface area (Å²) >= 11 is 0. The second-order valence-corrected chi connectivity index (χ2v) is 3.69. The van der Waals surface area contributed by atoms with E-state index in [4.69, 9.17) is 1.37 Å². The minimum absolute atomic E-state index is 0.495. The molecule has 1 heteroatoms. The molecular weight excluding hydrogens is 194 g/mol. The molecule has 2 aromatic carbocycles. The molecule has 0 bridgehead atoms. The summed E-state index contributed by atoms with van der Waals surface area (Å²) in [6.07, 6.45) is 1.83. The van der Waals surface area contributed by atoms with Crippen LogP contribution in [0.15, 0.2) is 66.8 Å². The molecule has 16 heavy (non-hydrogen) atoms. The SMILES string of the molecule is [2H]c1c(-c2ccccc2)ncc2ccccc12. The zero-order valence-electron chi connectivity index (χ0n) is 9.72. The van der Waals surface area contributed by atoms with Crippen molar-refractivity contribution in [1.82, 2.24) is 4.98 Å². The minimum atomic E-state index is 0.495. The van der Waals surface area contributed by atoms with Crippen LogP contribution in [0.2, 0.25) is 0 Å². The molecule has 0 fully saturated rings. The maximum atomic E-state index is 8.21. The summed E-state index contributed by atoms with van der Waals surface area (Å²) in [6.45, 7) is 0. The van der Waals surface area contributed by atoms with E-state index in [0.717, 1.165) is 22.0 Å². The number of hydrogen-bond acceptors (Lipinski definition) is 1. The van der Waals surface area contributed by atoms with E-state index in [1.807, 2.05) is 60.8 Å². The molecule has 0 aliphatic rings. The van der Waals surface area contributed by atoms with Crippen LogP contribution in [0.1, 0.15) is 1.37 Å². The van der Waals surface area contributed by atoms with Crippen LogP contribution in [0.25, 0.3) is 22.0 Å². The Labute approximate surface area is 95.8 Å². The van der Waals surface area contributed by atoms with E-state index in [0.29, 0.717) is 6.04 Å². The third-order valence-electron chi connectivity index (χ3n) is 2.59. The molecule has 0 atom stereocenters. The highest BCUT2D eigenvalue weighted by Gasteiger charge is 1.99. The topological polar surface area (TPSA) is 12.9 Å². The summed E-state index contributed by atoms with van der Waals surface area (Å²) in [5, 5.41) is 1.96. The second kappa shape index (κ2) is 3.78. The van der Waals surface area contributed by atoms with Gasteiger partial charge in [0, 0.05) is 17.1 Å². The molecule has 0 N–H and O–H groups in total. The number of pyridine rings is 1.